The van der Waals surface area contributed by atoms with Gasteiger partial charge in [-0.15, -0.1) is 0 Å². The lowest BCUT2D eigenvalue weighted by Gasteiger charge is -2.17. The fraction of sp³-hybridized carbons (Fsp3) is 0.480. The number of carbonyl (C=O) groups is 1. The molecule has 166 valence electrons. The van der Waals surface area contributed by atoms with Crippen LogP contribution in [0.2, 0.25) is 0 Å². The molecule has 6 heteroatoms. The van der Waals surface area contributed by atoms with Crippen LogP contribution in [0.5, 0.6) is 0 Å². The van der Waals surface area contributed by atoms with Gasteiger partial charge < -0.3 is 9.84 Å². The highest BCUT2D eigenvalue weighted by Crippen LogP contribution is 2.61. The summed E-state index contributed by atoms with van der Waals surface area (Å²) in [7, 11) is -3.42. The van der Waals surface area contributed by atoms with Crippen molar-refractivity contribution in [3.8, 4) is 0 Å². The number of rotatable bonds is 10. The molecule has 2 aromatic rings. The lowest BCUT2D eigenvalue weighted by atomic mass is 9.87. The van der Waals surface area contributed by atoms with Crippen molar-refractivity contribution in [2.45, 2.75) is 55.4 Å². The SMILES string of the molecule is O=C(O)C1(c2ccc(S(=O)(=O)CCCOCc3ccccc3)cc2)CC1C1CCCC1. The Morgan fingerprint density at radius 2 is 1.71 bits per heavy atom. The third-order valence-electron chi connectivity index (χ3n) is 6.91. The van der Waals surface area contributed by atoms with Crippen LogP contribution in [0.15, 0.2) is 59.5 Å². The molecule has 0 radical (unpaired) electrons. The Labute approximate surface area is 184 Å². The number of ether oxygens (including phenoxy) is 1. The number of hydrogen-bond donors (Lipinski definition) is 1. The van der Waals surface area contributed by atoms with Crippen LogP contribution in [0, 0.1) is 11.8 Å². The van der Waals surface area contributed by atoms with E-state index in [1.54, 1.807) is 24.3 Å². The average Bonchev–Trinajstić information content (AvgIpc) is 3.31. The summed E-state index contributed by atoms with van der Waals surface area (Å²) in [5.74, 6) is -0.113. The quantitative estimate of drug-likeness (QED) is 0.544. The zero-order chi connectivity index (χ0) is 21.9. The first kappa shape index (κ1) is 22.0. The van der Waals surface area contributed by atoms with Crippen LogP contribution in [0.3, 0.4) is 0 Å². The molecule has 2 fully saturated rings. The molecule has 0 aromatic heterocycles. The van der Waals surface area contributed by atoms with Gasteiger partial charge in [0.05, 0.1) is 22.7 Å². The summed E-state index contributed by atoms with van der Waals surface area (Å²) in [6.45, 7) is 0.840. The molecule has 2 aromatic carbocycles. The number of hydrogen-bond acceptors (Lipinski definition) is 4. The van der Waals surface area contributed by atoms with Crippen molar-refractivity contribution >= 4 is 15.8 Å². The molecule has 0 aliphatic heterocycles. The highest BCUT2D eigenvalue weighted by atomic mass is 32.2. The van der Waals surface area contributed by atoms with Gasteiger partial charge in [0.15, 0.2) is 9.84 Å². The van der Waals surface area contributed by atoms with Crippen LogP contribution in [-0.4, -0.2) is 31.9 Å². The molecular weight excluding hydrogens is 412 g/mol. The minimum Gasteiger partial charge on any atom is -0.481 e. The van der Waals surface area contributed by atoms with Gasteiger partial charge in [0.1, 0.15) is 0 Å². The Kier molecular flexibility index (Phi) is 6.49. The molecular formula is C25H30O5S. The fourth-order valence-electron chi connectivity index (χ4n) is 5.11. The lowest BCUT2D eigenvalue weighted by molar-refractivity contribution is -0.140. The predicted octanol–water partition coefficient (Wildman–Crippen LogP) is 4.60. The summed E-state index contributed by atoms with van der Waals surface area (Å²) < 4.78 is 30.9. The van der Waals surface area contributed by atoms with Gasteiger partial charge in [-0.3, -0.25) is 4.79 Å². The smallest absolute Gasteiger partial charge is 0.314 e. The van der Waals surface area contributed by atoms with Crippen molar-refractivity contribution in [3.63, 3.8) is 0 Å². The minimum absolute atomic E-state index is 0.00983. The van der Waals surface area contributed by atoms with Crippen molar-refractivity contribution in [1.29, 1.82) is 0 Å². The first-order valence-corrected chi connectivity index (χ1v) is 12.8. The predicted molar refractivity (Wildman–Crippen MR) is 119 cm³/mol. The number of carboxylic acids is 1. The summed E-state index contributed by atoms with van der Waals surface area (Å²) in [5, 5.41) is 9.93. The van der Waals surface area contributed by atoms with E-state index in [0.717, 1.165) is 24.0 Å². The Balaban J connectivity index is 1.34. The Morgan fingerprint density at radius 1 is 1.03 bits per heavy atom. The molecule has 0 spiro atoms. The fourth-order valence-corrected chi connectivity index (χ4v) is 6.40. The van der Waals surface area contributed by atoms with Crippen LogP contribution in [-0.2, 0) is 31.4 Å². The van der Waals surface area contributed by atoms with Gasteiger partial charge in [0.25, 0.3) is 0 Å². The normalized spacial score (nSPS) is 23.7. The third kappa shape index (κ3) is 4.70. The summed E-state index contributed by atoms with van der Waals surface area (Å²) in [4.78, 5) is 12.4. The van der Waals surface area contributed by atoms with E-state index < -0.39 is 21.2 Å². The summed E-state index contributed by atoms with van der Waals surface area (Å²) in [6, 6.07) is 16.3. The molecule has 2 unspecified atom stereocenters. The molecule has 4 rings (SSSR count). The average molecular weight is 443 g/mol. The minimum atomic E-state index is -3.42. The zero-order valence-electron chi connectivity index (χ0n) is 17.7. The van der Waals surface area contributed by atoms with Crippen molar-refractivity contribution < 1.29 is 23.1 Å². The third-order valence-corrected chi connectivity index (χ3v) is 8.72. The van der Waals surface area contributed by atoms with Gasteiger partial charge in [0.2, 0.25) is 0 Å². The Morgan fingerprint density at radius 3 is 2.35 bits per heavy atom. The molecule has 0 bridgehead atoms. The van der Waals surface area contributed by atoms with Crippen LogP contribution in [0.25, 0.3) is 0 Å². The Hall–Kier alpha value is -2.18. The first-order chi connectivity index (χ1) is 14.9. The van der Waals surface area contributed by atoms with E-state index in [0.29, 0.717) is 32.0 Å². The van der Waals surface area contributed by atoms with E-state index in [-0.39, 0.29) is 16.6 Å². The second-order valence-corrected chi connectivity index (χ2v) is 11.0. The van der Waals surface area contributed by atoms with Crippen molar-refractivity contribution in [2.75, 3.05) is 12.4 Å². The number of aliphatic carboxylic acids is 1. The molecule has 0 heterocycles. The Bertz CT molecular complexity index is 994. The van der Waals surface area contributed by atoms with Crippen molar-refractivity contribution in [1.82, 2.24) is 0 Å². The first-order valence-electron chi connectivity index (χ1n) is 11.1. The zero-order valence-corrected chi connectivity index (χ0v) is 18.5. The van der Waals surface area contributed by atoms with Gasteiger partial charge in [-0.1, -0.05) is 68.1 Å². The van der Waals surface area contributed by atoms with Crippen molar-refractivity contribution in [3.05, 3.63) is 65.7 Å². The molecule has 5 nitrogen and oxygen atoms in total. The highest BCUT2D eigenvalue weighted by Gasteiger charge is 2.63. The van der Waals surface area contributed by atoms with E-state index in [1.165, 1.54) is 12.8 Å². The molecule has 2 saturated carbocycles. The maximum Gasteiger partial charge on any atom is 0.314 e. The van der Waals surface area contributed by atoms with E-state index in [1.807, 2.05) is 30.3 Å². The van der Waals surface area contributed by atoms with Crippen LogP contribution in [0.1, 0.15) is 49.7 Å². The second kappa shape index (κ2) is 9.13. The van der Waals surface area contributed by atoms with Gasteiger partial charge in [-0.25, -0.2) is 8.42 Å². The van der Waals surface area contributed by atoms with E-state index in [2.05, 4.69) is 0 Å². The topological polar surface area (TPSA) is 80.7 Å². The summed E-state index contributed by atoms with van der Waals surface area (Å²) in [5.41, 5.74) is 0.967. The molecule has 2 atom stereocenters. The number of benzene rings is 2. The summed E-state index contributed by atoms with van der Waals surface area (Å²) in [6.07, 6.45) is 5.67. The monoisotopic (exact) mass is 442 g/mol. The number of sulfone groups is 1. The highest BCUT2D eigenvalue weighted by molar-refractivity contribution is 7.91. The lowest BCUT2D eigenvalue weighted by Crippen LogP contribution is -2.24. The van der Waals surface area contributed by atoms with E-state index in [4.69, 9.17) is 4.74 Å². The standard InChI is InChI=1S/C25H30O5S/c26-24(27)25(17-23(25)20-9-4-5-10-20)21-11-13-22(14-12-21)31(28,29)16-6-15-30-18-19-7-2-1-3-8-19/h1-3,7-8,11-14,20,23H,4-6,9-10,15-18H2,(H,26,27). The molecule has 2 aliphatic rings. The molecule has 0 amide bonds. The van der Waals surface area contributed by atoms with Crippen molar-refractivity contribution in [2.24, 2.45) is 11.8 Å². The maximum atomic E-state index is 12.7. The largest absolute Gasteiger partial charge is 0.481 e. The van der Waals surface area contributed by atoms with Gasteiger partial charge in [-0.2, -0.15) is 0 Å². The molecule has 1 N–H and O–H groups in total. The molecule has 2 aliphatic carbocycles. The van der Waals surface area contributed by atoms with Crippen LogP contribution in [0.4, 0.5) is 0 Å². The van der Waals surface area contributed by atoms with Gasteiger partial charge in [0, 0.05) is 6.61 Å². The molecule has 31 heavy (non-hydrogen) atoms. The second-order valence-electron chi connectivity index (χ2n) is 8.87. The van der Waals surface area contributed by atoms with Gasteiger partial charge in [-0.05, 0) is 47.9 Å². The summed E-state index contributed by atoms with van der Waals surface area (Å²) >= 11 is 0. The van der Waals surface area contributed by atoms with Gasteiger partial charge >= 0.3 is 5.97 Å². The number of carboxylic acid groups (broad SMARTS) is 1. The maximum absolute atomic E-state index is 12.7. The van der Waals surface area contributed by atoms with E-state index in [9.17, 15) is 18.3 Å². The van der Waals surface area contributed by atoms with E-state index >= 15 is 0 Å². The molecule has 0 saturated heterocycles. The van der Waals surface area contributed by atoms with Crippen LogP contribution >= 0.6 is 0 Å². The van der Waals surface area contributed by atoms with Crippen LogP contribution < -0.4 is 0 Å².